The summed E-state index contributed by atoms with van der Waals surface area (Å²) in [6.07, 6.45) is 1.90. The molecule has 0 bridgehead atoms. The molecular weight excluding hydrogens is 470 g/mol. The highest BCUT2D eigenvalue weighted by atomic mass is 16.5. The average molecular weight is 498 g/mol. The van der Waals surface area contributed by atoms with E-state index in [1.54, 1.807) is 36.7 Å². The van der Waals surface area contributed by atoms with Crippen molar-refractivity contribution in [1.82, 2.24) is 10.3 Å². The molecular formula is C29H27N3O5. The molecule has 0 radical (unpaired) electrons. The number of hydrogen-bond donors (Lipinski definition) is 4. The van der Waals surface area contributed by atoms with Crippen molar-refractivity contribution in [2.75, 3.05) is 12.4 Å². The number of anilines is 1. The number of aromatic nitrogens is 1. The molecule has 4 N–H and O–H groups in total. The molecule has 1 aromatic heterocycles. The number of pyridine rings is 1. The highest BCUT2D eigenvalue weighted by Crippen LogP contribution is 2.35. The van der Waals surface area contributed by atoms with Crippen LogP contribution in [0.5, 0.6) is 5.75 Å². The number of benzene rings is 3. The molecule has 1 unspecified atom stereocenters. The maximum atomic E-state index is 13.6. The zero-order valence-corrected chi connectivity index (χ0v) is 20.2. The van der Waals surface area contributed by atoms with Gasteiger partial charge in [0.15, 0.2) is 0 Å². The number of nitrogens with one attached hydrogen (secondary N) is 2. The standard InChI is InChI=1S/C29H27N3O5/c1-37-25-16-22(12-13-24(25)23-14-15-30-17-21(23)18-33)31-28(34)27(32-29(35)36)26(19-8-4-2-5-9-19)20-10-6-3-7-11-20/h2-17,26-27,32-33H,18H2,1H3,(H,31,34)(H,35,36). The van der Waals surface area contributed by atoms with Gasteiger partial charge in [-0.1, -0.05) is 60.7 Å². The van der Waals surface area contributed by atoms with Crippen LogP contribution >= 0.6 is 0 Å². The van der Waals surface area contributed by atoms with E-state index in [0.29, 0.717) is 17.0 Å². The molecule has 188 valence electrons. The van der Waals surface area contributed by atoms with Gasteiger partial charge < -0.3 is 25.6 Å². The zero-order chi connectivity index (χ0) is 26.2. The van der Waals surface area contributed by atoms with Crippen LogP contribution in [0.2, 0.25) is 0 Å². The summed E-state index contributed by atoms with van der Waals surface area (Å²) in [4.78, 5) is 29.4. The number of aliphatic hydroxyl groups excluding tert-OH is 1. The van der Waals surface area contributed by atoms with Crippen LogP contribution in [-0.4, -0.2) is 40.3 Å². The van der Waals surface area contributed by atoms with Crippen LogP contribution in [0.15, 0.2) is 97.3 Å². The third-order valence-electron chi connectivity index (χ3n) is 6.05. The molecule has 0 fully saturated rings. The lowest BCUT2D eigenvalue weighted by molar-refractivity contribution is -0.118. The number of methoxy groups -OCH3 is 1. The maximum absolute atomic E-state index is 13.6. The first kappa shape index (κ1) is 25.4. The van der Waals surface area contributed by atoms with Crippen LogP contribution in [0, 0.1) is 0 Å². The summed E-state index contributed by atoms with van der Waals surface area (Å²) in [5.74, 6) is -0.609. The summed E-state index contributed by atoms with van der Waals surface area (Å²) in [6, 6.07) is 24.4. The smallest absolute Gasteiger partial charge is 0.405 e. The molecule has 2 amide bonds. The summed E-state index contributed by atoms with van der Waals surface area (Å²) < 4.78 is 5.57. The number of amides is 2. The molecule has 0 aliphatic heterocycles. The number of carbonyl (C=O) groups is 2. The van der Waals surface area contributed by atoms with Crippen molar-refractivity contribution in [1.29, 1.82) is 0 Å². The quantitative estimate of drug-likeness (QED) is 0.267. The Morgan fingerprint density at radius 3 is 2.14 bits per heavy atom. The van der Waals surface area contributed by atoms with E-state index in [1.165, 1.54) is 7.11 Å². The van der Waals surface area contributed by atoms with E-state index in [4.69, 9.17) is 4.74 Å². The number of nitrogens with zero attached hydrogens (tertiary/aromatic N) is 1. The minimum absolute atomic E-state index is 0.187. The van der Waals surface area contributed by atoms with Gasteiger partial charge in [-0.2, -0.15) is 0 Å². The summed E-state index contributed by atoms with van der Waals surface area (Å²) in [6.45, 7) is -0.187. The number of carboxylic acid groups (broad SMARTS) is 1. The molecule has 4 rings (SSSR count). The Balaban J connectivity index is 1.69. The van der Waals surface area contributed by atoms with Crippen LogP contribution in [0.4, 0.5) is 10.5 Å². The first-order valence-electron chi connectivity index (χ1n) is 11.6. The molecule has 3 aromatic carbocycles. The van der Waals surface area contributed by atoms with Crippen LogP contribution in [0.3, 0.4) is 0 Å². The first-order valence-corrected chi connectivity index (χ1v) is 11.6. The second kappa shape index (κ2) is 11.8. The van der Waals surface area contributed by atoms with Crippen molar-refractivity contribution in [3.8, 4) is 16.9 Å². The zero-order valence-electron chi connectivity index (χ0n) is 20.2. The summed E-state index contributed by atoms with van der Waals surface area (Å²) in [5.41, 5.74) is 4.14. The number of carbonyl (C=O) groups excluding carboxylic acids is 1. The van der Waals surface area contributed by atoms with Crippen molar-refractivity contribution in [2.45, 2.75) is 18.6 Å². The Morgan fingerprint density at radius 2 is 1.57 bits per heavy atom. The highest BCUT2D eigenvalue weighted by Gasteiger charge is 2.32. The predicted octanol–water partition coefficient (Wildman–Crippen LogP) is 4.66. The van der Waals surface area contributed by atoms with Crippen LogP contribution in [0.1, 0.15) is 22.6 Å². The van der Waals surface area contributed by atoms with Crippen molar-refractivity contribution >= 4 is 17.7 Å². The monoisotopic (exact) mass is 497 g/mol. The van der Waals surface area contributed by atoms with Gasteiger partial charge in [0.05, 0.1) is 13.7 Å². The van der Waals surface area contributed by atoms with Gasteiger partial charge in [-0.25, -0.2) is 4.79 Å². The number of ether oxygens (including phenoxy) is 1. The lowest BCUT2D eigenvalue weighted by Gasteiger charge is -2.27. The lowest BCUT2D eigenvalue weighted by atomic mass is 9.84. The van der Waals surface area contributed by atoms with E-state index >= 15 is 0 Å². The number of rotatable bonds is 9. The summed E-state index contributed by atoms with van der Waals surface area (Å²) in [5, 5.41) is 24.6. The largest absolute Gasteiger partial charge is 0.496 e. The molecule has 1 atom stereocenters. The number of aliphatic hydroxyl groups is 1. The van der Waals surface area contributed by atoms with Gasteiger partial charge in [-0.15, -0.1) is 0 Å². The van der Waals surface area contributed by atoms with Crippen LogP contribution < -0.4 is 15.4 Å². The Labute approximate surface area is 214 Å². The molecule has 1 heterocycles. The van der Waals surface area contributed by atoms with E-state index in [0.717, 1.165) is 22.3 Å². The van der Waals surface area contributed by atoms with Crippen molar-refractivity contribution in [2.24, 2.45) is 0 Å². The summed E-state index contributed by atoms with van der Waals surface area (Å²) in [7, 11) is 1.51. The maximum Gasteiger partial charge on any atom is 0.405 e. The molecule has 0 saturated carbocycles. The van der Waals surface area contributed by atoms with Gasteiger partial charge in [0.1, 0.15) is 11.8 Å². The number of hydrogen-bond acceptors (Lipinski definition) is 5. The molecule has 0 aliphatic carbocycles. The van der Waals surface area contributed by atoms with Gasteiger partial charge in [0, 0.05) is 41.2 Å². The summed E-state index contributed by atoms with van der Waals surface area (Å²) >= 11 is 0. The molecule has 0 saturated heterocycles. The van der Waals surface area contributed by atoms with Crippen LogP contribution in [0.25, 0.3) is 11.1 Å². The fourth-order valence-electron chi connectivity index (χ4n) is 4.36. The molecule has 8 heteroatoms. The average Bonchev–Trinajstić information content (AvgIpc) is 2.93. The van der Waals surface area contributed by atoms with E-state index < -0.39 is 24.0 Å². The van der Waals surface area contributed by atoms with Gasteiger partial charge in [0.25, 0.3) is 0 Å². The Hall–Kier alpha value is -4.69. The van der Waals surface area contributed by atoms with Crippen molar-refractivity contribution in [3.63, 3.8) is 0 Å². The molecule has 4 aromatic rings. The van der Waals surface area contributed by atoms with Crippen molar-refractivity contribution in [3.05, 3.63) is 114 Å². The second-order valence-corrected chi connectivity index (χ2v) is 8.32. The predicted molar refractivity (Wildman–Crippen MR) is 140 cm³/mol. The molecule has 37 heavy (non-hydrogen) atoms. The minimum Gasteiger partial charge on any atom is -0.496 e. The third kappa shape index (κ3) is 5.94. The lowest BCUT2D eigenvalue weighted by Crippen LogP contribution is -2.47. The highest BCUT2D eigenvalue weighted by molar-refractivity contribution is 5.98. The fourth-order valence-corrected chi connectivity index (χ4v) is 4.36. The van der Waals surface area contributed by atoms with Crippen molar-refractivity contribution < 1.29 is 24.5 Å². The van der Waals surface area contributed by atoms with E-state index in [1.807, 2.05) is 60.7 Å². The SMILES string of the molecule is COc1cc(NC(=O)C(NC(=O)O)C(c2ccccc2)c2ccccc2)ccc1-c1ccncc1CO. The molecule has 0 aliphatic rings. The first-order chi connectivity index (χ1) is 18.0. The second-order valence-electron chi connectivity index (χ2n) is 8.32. The van der Waals surface area contributed by atoms with Gasteiger partial charge in [-0.05, 0) is 34.9 Å². The van der Waals surface area contributed by atoms with Crippen LogP contribution in [-0.2, 0) is 11.4 Å². The third-order valence-corrected chi connectivity index (χ3v) is 6.05. The Kier molecular flexibility index (Phi) is 8.12. The van der Waals surface area contributed by atoms with E-state index in [2.05, 4.69) is 15.6 Å². The van der Waals surface area contributed by atoms with Gasteiger partial charge >= 0.3 is 6.09 Å². The van der Waals surface area contributed by atoms with Gasteiger partial charge in [0.2, 0.25) is 5.91 Å². The topological polar surface area (TPSA) is 121 Å². The van der Waals surface area contributed by atoms with Gasteiger partial charge in [-0.3, -0.25) is 9.78 Å². The Bertz CT molecular complexity index is 1320. The fraction of sp³-hybridized carbons (Fsp3) is 0.138. The molecule has 0 spiro atoms. The van der Waals surface area contributed by atoms with E-state index in [9.17, 15) is 19.8 Å². The van der Waals surface area contributed by atoms with E-state index in [-0.39, 0.29) is 6.61 Å². The minimum atomic E-state index is -1.31. The molecule has 8 nitrogen and oxygen atoms in total. The normalized spacial score (nSPS) is 11.5. The Morgan fingerprint density at radius 1 is 0.919 bits per heavy atom.